The zero-order valence-electron chi connectivity index (χ0n) is 12.7. The van der Waals surface area contributed by atoms with Gasteiger partial charge in [0.1, 0.15) is 0 Å². The Morgan fingerprint density at radius 3 is 1.86 bits per heavy atom. The smallest absolute Gasteiger partial charge is 0.385 e. The molecule has 0 spiro atoms. The van der Waals surface area contributed by atoms with E-state index in [9.17, 15) is 18.3 Å². The molecular formula is C15H23ClF3NO. The summed E-state index contributed by atoms with van der Waals surface area (Å²) in [6.45, 7) is 4.40. The Labute approximate surface area is 130 Å². The van der Waals surface area contributed by atoms with Crippen LogP contribution in [0.4, 0.5) is 13.2 Å². The summed E-state index contributed by atoms with van der Waals surface area (Å²) in [5.74, 6) is -0.0840. The Morgan fingerprint density at radius 1 is 1.10 bits per heavy atom. The largest absolute Gasteiger partial charge is 0.416 e. The fourth-order valence-corrected chi connectivity index (χ4v) is 2.48. The predicted molar refractivity (Wildman–Crippen MR) is 80.6 cm³/mol. The maximum atomic E-state index is 12.6. The molecule has 0 fully saturated rings. The molecule has 1 N–H and O–H groups in total. The third kappa shape index (κ3) is 4.87. The lowest BCUT2D eigenvalue weighted by Gasteiger charge is -2.35. The van der Waals surface area contributed by atoms with Crippen molar-refractivity contribution < 1.29 is 18.3 Å². The van der Waals surface area contributed by atoms with Gasteiger partial charge in [0.05, 0.1) is 11.2 Å². The maximum absolute atomic E-state index is 12.6. The van der Waals surface area contributed by atoms with Crippen LogP contribution in [-0.2, 0) is 11.8 Å². The number of hydrogen-bond acceptors (Lipinski definition) is 2. The van der Waals surface area contributed by atoms with Crippen LogP contribution in [0.5, 0.6) is 0 Å². The van der Waals surface area contributed by atoms with Crippen LogP contribution in [0.1, 0.15) is 31.4 Å². The van der Waals surface area contributed by atoms with Crippen molar-refractivity contribution in [2.24, 2.45) is 5.92 Å². The molecule has 0 bridgehead atoms. The van der Waals surface area contributed by atoms with Crippen LogP contribution in [0.2, 0.25) is 0 Å². The van der Waals surface area contributed by atoms with E-state index in [4.69, 9.17) is 0 Å². The van der Waals surface area contributed by atoms with Crippen molar-refractivity contribution in [1.29, 1.82) is 0 Å². The molecule has 0 radical (unpaired) electrons. The first-order valence-electron chi connectivity index (χ1n) is 6.66. The minimum Gasteiger partial charge on any atom is -0.385 e. The van der Waals surface area contributed by atoms with Crippen molar-refractivity contribution in [2.45, 2.75) is 32.0 Å². The number of halogens is 4. The van der Waals surface area contributed by atoms with Crippen LogP contribution in [0.25, 0.3) is 0 Å². The average Bonchev–Trinajstić information content (AvgIpc) is 2.36. The quantitative estimate of drug-likeness (QED) is 0.887. The molecule has 1 aromatic rings. The van der Waals surface area contributed by atoms with Crippen molar-refractivity contribution in [2.75, 3.05) is 20.6 Å². The molecule has 0 amide bonds. The van der Waals surface area contributed by atoms with Gasteiger partial charge in [0.2, 0.25) is 0 Å². The molecular weight excluding hydrogens is 303 g/mol. The molecule has 0 aliphatic rings. The van der Waals surface area contributed by atoms with Crippen LogP contribution < -0.4 is 0 Å². The standard InChI is InChI=1S/C15H22F3NO.ClH/c1-5-14(20,11(2)10-19(3)4)12-6-8-13(9-7-12)15(16,17)18;/h6-9,11,20H,5,10H2,1-4H3;1H/t11-,14-;/m1./s1. The van der Waals surface area contributed by atoms with Gasteiger partial charge in [-0.2, -0.15) is 13.2 Å². The first-order valence-corrected chi connectivity index (χ1v) is 6.66. The molecule has 0 saturated heterocycles. The van der Waals surface area contributed by atoms with E-state index >= 15 is 0 Å². The Bertz CT molecular complexity index is 434. The first kappa shape index (κ1) is 20.2. The molecule has 1 aromatic carbocycles. The predicted octanol–water partition coefficient (Wildman–Crippen LogP) is 3.92. The highest BCUT2D eigenvalue weighted by Gasteiger charge is 2.35. The van der Waals surface area contributed by atoms with E-state index in [-0.39, 0.29) is 18.3 Å². The zero-order valence-corrected chi connectivity index (χ0v) is 13.6. The SMILES string of the molecule is CC[C@](O)(c1ccc(C(F)(F)F)cc1)[C@H](C)CN(C)C.Cl. The summed E-state index contributed by atoms with van der Waals surface area (Å²) in [4.78, 5) is 1.95. The lowest BCUT2D eigenvalue weighted by molar-refractivity contribution is -0.137. The van der Waals surface area contributed by atoms with Gasteiger partial charge in [0.25, 0.3) is 0 Å². The third-order valence-corrected chi connectivity index (χ3v) is 3.71. The van der Waals surface area contributed by atoms with E-state index < -0.39 is 17.3 Å². The molecule has 21 heavy (non-hydrogen) atoms. The summed E-state index contributed by atoms with van der Waals surface area (Å²) < 4.78 is 37.7. The van der Waals surface area contributed by atoms with Crippen LogP contribution in [0.3, 0.4) is 0 Å². The minimum absolute atomic E-state index is 0. The van der Waals surface area contributed by atoms with Gasteiger partial charge in [0, 0.05) is 12.5 Å². The zero-order chi connectivity index (χ0) is 15.6. The maximum Gasteiger partial charge on any atom is 0.416 e. The Kier molecular flexibility index (Phi) is 7.20. The fourth-order valence-electron chi connectivity index (χ4n) is 2.48. The van der Waals surface area contributed by atoms with Crippen LogP contribution >= 0.6 is 12.4 Å². The van der Waals surface area contributed by atoms with Crippen LogP contribution in [0, 0.1) is 5.92 Å². The van der Waals surface area contributed by atoms with E-state index in [0.29, 0.717) is 18.5 Å². The lowest BCUT2D eigenvalue weighted by Crippen LogP contribution is -2.38. The van der Waals surface area contributed by atoms with Crippen LogP contribution in [-0.4, -0.2) is 30.6 Å². The van der Waals surface area contributed by atoms with Gasteiger partial charge in [0.15, 0.2) is 0 Å². The second kappa shape index (κ2) is 7.47. The van der Waals surface area contributed by atoms with Gasteiger partial charge < -0.3 is 10.0 Å². The van der Waals surface area contributed by atoms with Crippen molar-refractivity contribution in [3.8, 4) is 0 Å². The molecule has 0 heterocycles. The Balaban J connectivity index is 0.00000400. The summed E-state index contributed by atoms with van der Waals surface area (Å²) >= 11 is 0. The third-order valence-electron chi connectivity index (χ3n) is 3.71. The lowest BCUT2D eigenvalue weighted by atomic mass is 9.79. The first-order chi connectivity index (χ1) is 9.11. The summed E-state index contributed by atoms with van der Waals surface area (Å²) in [6, 6.07) is 4.80. The highest BCUT2D eigenvalue weighted by Crippen LogP contribution is 2.36. The number of benzene rings is 1. The molecule has 122 valence electrons. The number of alkyl halides is 3. The summed E-state index contributed by atoms with van der Waals surface area (Å²) in [6.07, 6.45) is -3.90. The number of aliphatic hydroxyl groups is 1. The minimum atomic E-state index is -4.35. The van der Waals surface area contributed by atoms with Crippen molar-refractivity contribution in [3.63, 3.8) is 0 Å². The fraction of sp³-hybridized carbons (Fsp3) is 0.600. The molecule has 0 saturated carbocycles. The topological polar surface area (TPSA) is 23.5 Å². The van der Waals surface area contributed by atoms with Gasteiger partial charge in [-0.3, -0.25) is 0 Å². The molecule has 6 heteroatoms. The normalized spacial score (nSPS) is 16.2. The second-order valence-electron chi connectivity index (χ2n) is 5.52. The summed E-state index contributed by atoms with van der Waals surface area (Å²) in [5.41, 5.74) is -1.28. The second-order valence-corrected chi connectivity index (χ2v) is 5.52. The van der Waals surface area contributed by atoms with Crippen molar-refractivity contribution in [3.05, 3.63) is 35.4 Å². The van der Waals surface area contributed by atoms with E-state index in [1.54, 1.807) is 0 Å². The summed E-state index contributed by atoms with van der Waals surface area (Å²) in [7, 11) is 3.80. The molecule has 2 atom stereocenters. The van der Waals surface area contributed by atoms with Gasteiger partial charge in [-0.1, -0.05) is 26.0 Å². The van der Waals surface area contributed by atoms with Crippen molar-refractivity contribution >= 4 is 12.4 Å². The molecule has 0 aliphatic carbocycles. The number of nitrogens with zero attached hydrogens (tertiary/aromatic N) is 1. The Morgan fingerprint density at radius 2 is 1.52 bits per heavy atom. The van der Waals surface area contributed by atoms with Gasteiger partial charge >= 0.3 is 6.18 Å². The molecule has 0 aliphatic heterocycles. The van der Waals surface area contributed by atoms with Gasteiger partial charge in [-0.25, -0.2) is 0 Å². The van der Waals surface area contributed by atoms with Gasteiger partial charge in [-0.05, 0) is 38.2 Å². The highest BCUT2D eigenvalue weighted by molar-refractivity contribution is 5.85. The van der Waals surface area contributed by atoms with E-state index in [1.807, 2.05) is 32.8 Å². The number of rotatable bonds is 5. The molecule has 0 aromatic heterocycles. The highest BCUT2D eigenvalue weighted by atomic mass is 35.5. The summed E-state index contributed by atoms with van der Waals surface area (Å²) in [5, 5.41) is 10.8. The molecule has 1 rings (SSSR count). The molecule has 2 nitrogen and oxygen atoms in total. The van der Waals surface area contributed by atoms with Gasteiger partial charge in [-0.15, -0.1) is 12.4 Å². The van der Waals surface area contributed by atoms with E-state index in [0.717, 1.165) is 12.1 Å². The van der Waals surface area contributed by atoms with Crippen molar-refractivity contribution in [1.82, 2.24) is 4.90 Å². The Hall–Kier alpha value is -0.780. The average molecular weight is 326 g/mol. The molecule has 0 unspecified atom stereocenters. The van der Waals surface area contributed by atoms with E-state index in [1.165, 1.54) is 12.1 Å². The van der Waals surface area contributed by atoms with Crippen LogP contribution in [0.15, 0.2) is 24.3 Å². The van der Waals surface area contributed by atoms with E-state index in [2.05, 4.69) is 0 Å². The monoisotopic (exact) mass is 325 g/mol. The number of hydrogen-bond donors (Lipinski definition) is 1.